The second kappa shape index (κ2) is 7.53. The first kappa shape index (κ1) is 15.9. The van der Waals surface area contributed by atoms with Crippen LogP contribution in [-0.2, 0) is 6.42 Å². The van der Waals surface area contributed by atoms with E-state index in [0.29, 0.717) is 11.7 Å². The molecule has 1 aliphatic rings. The summed E-state index contributed by atoms with van der Waals surface area (Å²) in [4.78, 5) is 0. The highest BCUT2D eigenvalue weighted by Crippen LogP contribution is 2.41. The van der Waals surface area contributed by atoms with Crippen LogP contribution in [0.25, 0.3) is 0 Å². The van der Waals surface area contributed by atoms with E-state index in [1.807, 2.05) is 6.07 Å². The van der Waals surface area contributed by atoms with Gasteiger partial charge in [-0.05, 0) is 56.7 Å². The van der Waals surface area contributed by atoms with Crippen LogP contribution >= 0.6 is 0 Å². The molecule has 0 fully saturated rings. The molecule has 116 valence electrons. The molecular weight excluding hydrogens is 260 g/mol. The van der Waals surface area contributed by atoms with Gasteiger partial charge in [-0.2, -0.15) is 0 Å². The van der Waals surface area contributed by atoms with Gasteiger partial charge in [0.05, 0.1) is 7.11 Å². The van der Waals surface area contributed by atoms with Crippen molar-refractivity contribution in [3.63, 3.8) is 0 Å². The molecule has 2 nitrogen and oxygen atoms in total. The minimum Gasteiger partial charge on any atom is -0.507 e. The molecule has 0 heterocycles. The Bertz CT molecular complexity index is 503. The van der Waals surface area contributed by atoms with Crippen LogP contribution in [0.4, 0.5) is 0 Å². The normalized spacial score (nSPS) is 18.4. The van der Waals surface area contributed by atoms with Gasteiger partial charge in [0.2, 0.25) is 0 Å². The van der Waals surface area contributed by atoms with Crippen LogP contribution in [0, 0.1) is 0 Å². The maximum atomic E-state index is 10.5. The molecule has 1 aromatic rings. The summed E-state index contributed by atoms with van der Waals surface area (Å²) in [5.41, 5.74) is 3.56. The van der Waals surface area contributed by atoms with Gasteiger partial charge >= 0.3 is 0 Å². The van der Waals surface area contributed by atoms with Crippen molar-refractivity contribution >= 4 is 0 Å². The van der Waals surface area contributed by atoms with Gasteiger partial charge in [-0.3, -0.25) is 0 Å². The van der Waals surface area contributed by atoms with Gasteiger partial charge in [0.15, 0.2) is 0 Å². The van der Waals surface area contributed by atoms with Crippen molar-refractivity contribution in [1.29, 1.82) is 0 Å². The maximum absolute atomic E-state index is 10.5. The highest BCUT2D eigenvalue weighted by Gasteiger charge is 2.21. The number of methoxy groups -OCH3 is 1. The Morgan fingerprint density at radius 1 is 1.29 bits per heavy atom. The average Bonchev–Trinajstić information content (AvgIpc) is 2.46. The second-order valence-electron chi connectivity index (χ2n) is 6.20. The number of unbranched alkanes of at least 4 members (excludes halogenated alkanes) is 2. The summed E-state index contributed by atoms with van der Waals surface area (Å²) in [6.45, 7) is 4.38. The highest BCUT2D eigenvalue weighted by molar-refractivity contribution is 5.51. The Labute approximate surface area is 128 Å². The summed E-state index contributed by atoms with van der Waals surface area (Å²) >= 11 is 0. The van der Waals surface area contributed by atoms with E-state index in [4.69, 9.17) is 4.74 Å². The summed E-state index contributed by atoms with van der Waals surface area (Å²) < 4.78 is 5.57. The van der Waals surface area contributed by atoms with E-state index in [9.17, 15) is 5.11 Å². The maximum Gasteiger partial charge on any atom is 0.126 e. The number of phenolic OH excluding ortho intramolecular Hbond substituents is 1. The summed E-state index contributed by atoms with van der Waals surface area (Å²) in [7, 11) is 1.70. The van der Waals surface area contributed by atoms with E-state index in [-0.39, 0.29) is 0 Å². The largest absolute Gasteiger partial charge is 0.507 e. The minimum atomic E-state index is 0.290. The summed E-state index contributed by atoms with van der Waals surface area (Å²) in [5, 5.41) is 10.5. The molecule has 1 aliphatic carbocycles. The van der Waals surface area contributed by atoms with Crippen molar-refractivity contribution in [2.45, 2.75) is 64.7 Å². The molecule has 2 rings (SSSR count). The van der Waals surface area contributed by atoms with Crippen LogP contribution in [0.15, 0.2) is 23.8 Å². The summed E-state index contributed by atoms with van der Waals surface area (Å²) in [5.74, 6) is 1.53. The van der Waals surface area contributed by atoms with Crippen LogP contribution in [0.1, 0.15) is 69.4 Å². The quantitative estimate of drug-likeness (QED) is 0.565. The first-order valence-corrected chi connectivity index (χ1v) is 8.22. The molecule has 0 saturated carbocycles. The van der Waals surface area contributed by atoms with Gasteiger partial charge in [-0.15, -0.1) is 0 Å². The van der Waals surface area contributed by atoms with E-state index in [2.05, 4.69) is 26.0 Å². The third-order valence-corrected chi connectivity index (χ3v) is 4.41. The minimum absolute atomic E-state index is 0.290. The molecule has 2 heteroatoms. The fourth-order valence-corrected chi connectivity index (χ4v) is 3.27. The zero-order chi connectivity index (χ0) is 15.2. The molecule has 1 atom stereocenters. The van der Waals surface area contributed by atoms with Crippen molar-refractivity contribution in [2.24, 2.45) is 0 Å². The number of hydrogen-bond donors (Lipinski definition) is 1. The van der Waals surface area contributed by atoms with Crippen molar-refractivity contribution < 1.29 is 9.84 Å². The number of ether oxygens (including phenoxy) is 1. The predicted molar refractivity (Wildman–Crippen MR) is 88.2 cm³/mol. The SMILES string of the molecule is CCCCCc1cc(O)c([C@@H]2C=C(C)CCC2)c(OC)c1. The molecule has 0 amide bonds. The molecule has 0 aliphatic heterocycles. The molecular formula is C19H28O2. The number of benzene rings is 1. The summed E-state index contributed by atoms with van der Waals surface area (Å²) in [6, 6.07) is 4.05. The molecule has 1 N–H and O–H groups in total. The molecule has 1 aromatic carbocycles. The van der Waals surface area contributed by atoms with Gasteiger partial charge < -0.3 is 9.84 Å². The Morgan fingerprint density at radius 3 is 2.76 bits per heavy atom. The number of allylic oxidation sites excluding steroid dienone is 2. The van der Waals surface area contributed by atoms with Gasteiger partial charge in [0, 0.05) is 11.5 Å². The lowest BCUT2D eigenvalue weighted by atomic mass is 9.84. The Kier molecular flexibility index (Phi) is 5.72. The molecule has 0 saturated heterocycles. The van der Waals surface area contributed by atoms with Crippen molar-refractivity contribution in [3.05, 3.63) is 34.9 Å². The lowest BCUT2D eigenvalue weighted by Gasteiger charge is -2.23. The predicted octanol–water partition coefficient (Wildman–Crippen LogP) is 5.35. The number of hydrogen-bond acceptors (Lipinski definition) is 2. The Morgan fingerprint density at radius 2 is 2.10 bits per heavy atom. The molecule has 0 bridgehead atoms. The van der Waals surface area contributed by atoms with Crippen LogP contribution in [0.5, 0.6) is 11.5 Å². The number of aryl methyl sites for hydroxylation is 1. The smallest absolute Gasteiger partial charge is 0.126 e. The summed E-state index contributed by atoms with van der Waals surface area (Å²) in [6.07, 6.45) is 10.4. The Balaban J connectivity index is 2.27. The standard InChI is InChI=1S/C19H28O2/c1-4-5-6-9-15-12-17(20)19(18(13-15)21-3)16-10-7-8-14(2)11-16/h11-13,16,20H,4-10H2,1-3H3/t16-/m0/s1. The average molecular weight is 288 g/mol. The van der Waals surface area contributed by atoms with Crippen molar-refractivity contribution in [2.75, 3.05) is 7.11 Å². The third-order valence-electron chi connectivity index (χ3n) is 4.41. The lowest BCUT2D eigenvalue weighted by Crippen LogP contribution is -2.05. The van der Waals surface area contributed by atoms with Gasteiger partial charge in [-0.1, -0.05) is 31.4 Å². The van der Waals surface area contributed by atoms with E-state index in [1.54, 1.807) is 7.11 Å². The van der Waals surface area contributed by atoms with Gasteiger partial charge in [-0.25, -0.2) is 0 Å². The fraction of sp³-hybridized carbons (Fsp3) is 0.579. The fourth-order valence-electron chi connectivity index (χ4n) is 3.27. The van der Waals surface area contributed by atoms with E-state index < -0.39 is 0 Å². The van der Waals surface area contributed by atoms with Crippen LogP contribution in [-0.4, -0.2) is 12.2 Å². The number of phenols is 1. The first-order valence-electron chi connectivity index (χ1n) is 8.22. The zero-order valence-electron chi connectivity index (χ0n) is 13.6. The lowest BCUT2D eigenvalue weighted by molar-refractivity contribution is 0.393. The van der Waals surface area contributed by atoms with E-state index >= 15 is 0 Å². The van der Waals surface area contributed by atoms with Gasteiger partial charge in [0.1, 0.15) is 11.5 Å². The van der Waals surface area contributed by atoms with E-state index in [1.165, 1.54) is 43.2 Å². The van der Waals surface area contributed by atoms with Crippen molar-refractivity contribution in [1.82, 2.24) is 0 Å². The van der Waals surface area contributed by atoms with Crippen LogP contribution in [0.3, 0.4) is 0 Å². The monoisotopic (exact) mass is 288 g/mol. The number of rotatable bonds is 6. The molecule has 0 aromatic heterocycles. The molecule has 0 unspecified atom stereocenters. The topological polar surface area (TPSA) is 29.5 Å². The van der Waals surface area contributed by atoms with E-state index in [0.717, 1.165) is 24.2 Å². The zero-order valence-corrected chi connectivity index (χ0v) is 13.6. The van der Waals surface area contributed by atoms with Gasteiger partial charge in [0.25, 0.3) is 0 Å². The number of aromatic hydroxyl groups is 1. The highest BCUT2D eigenvalue weighted by atomic mass is 16.5. The van der Waals surface area contributed by atoms with Crippen molar-refractivity contribution in [3.8, 4) is 11.5 Å². The van der Waals surface area contributed by atoms with Crippen LogP contribution < -0.4 is 4.74 Å². The first-order chi connectivity index (χ1) is 10.2. The second-order valence-corrected chi connectivity index (χ2v) is 6.20. The Hall–Kier alpha value is -1.44. The molecule has 0 spiro atoms. The van der Waals surface area contributed by atoms with Crippen LogP contribution in [0.2, 0.25) is 0 Å². The molecule has 0 radical (unpaired) electrons. The molecule has 21 heavy (non-hydrogen) atoms. The third kappa shape index (κ3) is 4.03.